The van der Waals surface area contributed by atoms with Crippen LogP contribution in [-0.4, -0.2) is 38.7 Å². The summed E-state index contributed by atoms with van der Waals surface area (Å²) in [6.45, 7) is 2.57. The standard InChI is InChI=1S/C23H23ClN4O/c24-21-9-7-18(8-10-21)17-1-3-19(4-2-17)22-26-25-15-28(22)14-16-11-12-27(13-16)23(29)20-5-6-20/h1-4,7-10,15-16,20H,5-6,11-14H2/t16-/m1/s1. The van der Waals surface area contributed by atoms with Gasteiger partial charge in [0.2, 0.25) is 5.91 Å². The van der Waals surface area contributed by atoms with Crippen molar-refractivity contribution in [1.82, 2.24) is 19.7 Å². The quantitative estimate of drug-likeness (QED) is 0.625. The second kappa shape index (κ2) is 7.64. The molecule has 1 aliphatic heterocycles. The number of amides is 1. The van der Waals surface area contributed by atoms with E-state index in [2.05, 4.69) is 39.0 Å². The molecule has 0 bridgehead atoms. The Hall–Kier alpha value is -2.66. The average Bonchev–Trinajstić information content (AvgIpc) is 3.32. The van der Waals surface area contributed by atoms with Crippen LogP contribution in [0.3, 0.4) is 0 Å². The molecule has 1 atom stereocenters. The zero-order valence-corrected chi connectivity index (χ0v) is 16.9. The zero-order valence-electron chi connectivity index (χ0n) is 16.2. The Morgan fingerprint density at radius 3 is 2.31 bits per heavy atom. The van der Waals surface area contributed by atoms with E-state index in [1.54, 1.807) is 6.33 Å². The molecule has 2 heterocycles. The fourth-order valence-corrected chi connectivity index (χ4v) is 4.24. The molecule has 2 fully saturated rings. The van der Waals surface area contributed by atoms with Crippen molar-refractivity contribution >= 4 is 17.5 Å². The van der Waals surface area contributed by atoms with Gasteiger partial charge in [-0.05, 0) is 48.4 Å². The first-order valence-corrected chi connectivity index (χ1v) is 10.6. The van der Waals surface area contributed by atoms with Gasteiger partial charge in [-0.2, -0.15) is 0 Å². The number of halogens is 1. The third-order valence-corrected chi connectivity index (χ3v) is 6.17. The Kier molecular flexibility index (Phi) is 4.84. The lowest BCUT2D eigenvalue weighted by Gasteiger charge is -2.17. The molecule has 0 spiro atoms. The number of aromatic nitrogens is 3. The maximum atomic E-state index is 12.3. The number of hydrogen-bond acceptors (Lipinski definition) is 3. The Morgan fingerprint density at radius 1 is 0.966 bits per heavy atom. The highest BCUT2D eigenvalue weighted by Gasteiger charge is 2.36. The van der Waals surface area contributed by atoms with Crippen molar-refractivity contribution in [3.63, 3.8) is 0 Å². The van der Waals surface area contributed by atoms with Gasteiger partial charge >= 0.3 is 0 Å². The van der Waals surface area contributed by atoms with Crippen LogP contribution >= 0.6 is 11.6 Å². The van der Waals surface area contributed by atoms with Crippen LogP contribution in [0.15, 0.2) is 54.9 Å². The van der Waals surface area contributed by atoms with Crippen molar-refractivity contribution in [2.75, 3.05) is 13.1 Å². The van der Waals surface area contributed by atoms with E-state index in [0.29, 0.717) is 17.7 Å². The predicted octanol–water partition coefficient (Wildman–Crippen LogP) is 4.52. The first-order valence-electron chi connectivity index (χ1n) is 10.2. The summed E-state index contributed by atoms with van der Waals surface area (Å²) in [5.41, 5.74) is 3.32. The minimum absolute atomic E-state index is 0.304. The molecule has 0 N–H and O–H groups in total. The summed E-state index contributed by atoms with van der Waals surface area (Å²) in [7, 11) is 0. The Morgan fingerprint density at radius 2 is 1.62 bits per heavy atom. The molecule has 3 aromatic rings. The van der Waals surface area contributed by atoms with Gasteiger partial charge in [-0.1, -0.05) is 48.0 Å². The molecule has 1 saturated heterocycles. The molecule has 2 aromatic carbocycles. The van der Waals surface area contributed by atoms with Crippen LogP contribution < -0.4 is 0 Å². The second-order valence-electron chi connectivity index (χ2n) is 8.10. The van der Waals surface area contributed by atoms with Crippen LogP contribution in [0.1, 0.15) is 19.3 Å². The van der Waals surface area contributed by atoms with Crippen LogP contribution in [0.2, 0.25) is 5.02 Å². The largest absolute Gasteiger partial charge is 0.342 e. The summed E-state index contributed by atoms with van der Waals surface area (Å²) in [5.74, 6) is 1.99. The third-order valence-electron chi connectivity index (χ3n) is 5.92. The van der Waals surface area contributed by atoms with Crippen LogP contribution in [0.25, 0.3) is 22.5 Å². The summed E-state index contributed by atoms with van der Waals surface area (Å²) < 4.78 is 2.12. The summed E-state index contributed by atoms with van der Waals surface area (Å²) in [6.07, 6.45) is 4.99. The van der Waals surface area contributed by atoms with E-state index in [0.717, 1.165) is 66.4 Å². The number of carbonyl (C=O) groups excluding carboxylic acids is 1. The lowest BCUT2D eigenvalue weighted by atomic mass is 10.0. The van der Waals surface area contributed by atoms with Crippen molar-refractivity contribution in [3.05, 3.63) is 59.9 Å². The van der Waals surface area contributed by atoms with Gasteiger partial charge in [-0.25, -0.2) is 0 Å². The van der Waals surface area contributed by atoms with E-state index in [1.165, 1.54) is 0 Å². The molecule has 1 aliphatic carbocycles. The van der Waals surface area contributed by atoms with E-state index in [4.69, 9.17) is 11.6 Å². The van der Waals surface area contributed by atoms with E-state index >= 15 is 0 Å². The highest BCUT2D eigenvalue weighted by atomic mass is 35.5. The first kappa shape index (κ1) is 18.4. The predicted molar refractivity (Wildman–Crippen MR) is 113 cm³/mol. The van der Waals surface area contributed by atoms with Gasteiger partial charge in [0.05, 0.1) is 0 Å². The summed E-state index contributed by atoms with van der Waals surface area (Å²) in [5, 5.41) is 9.23. The monoisotopic (exact) mass is 406 g/mol. The molecule has 1 saturated carbocycles. The summed E-state index contributed by atoms with van der Waals surface area (Å²) in [4.78, 5) is 14.3. The molecule has 29 heavy (non-hydrogen) atoms. The number of benzene rings is 2. The number of nitrogens with zero attached hydrogens (tertiary/aromatic N) is 4. The molecular weight excluding hydrogens is 384 g/mol. The normalized spacial score (nSPS) is 18.9. The van der Waals surface area contributed by atoms with E-state index in [9.17, 15) is 4.79 Å². The van der Waals surface area contributed by atoms with Crippen LogP contribution in [0.5, 0.6) is 0 Å². The number of carbonyl (C=O) groups is 1. The lowest BCUT2D eigenvalue weighted by Crippen LogP contribution is -2.30. The average molecular weight is 407 g/mol. The van der Waals surface area contributed by atoms with Crippen LogP contribution in [-0.2, 0) is 11.3 Å². The molecule has 5 rings (SSSR count). The van der Waals surface area contributed by atoms with Gasteiger partial charge in [0.25, 0.3) is 0 Å². The molecule has 1 amide bonds. The van der Waals surface area contributed by atoms with Gasteiger partial charge in [0, 0.05) is 36.1 Å². The summed E-state index contributed by atoms with van der Waals surface area (Å²) >= 11 is 5.98. The number of hydrogen-bond donors (Lipinski definition) is 0. The van der Waals surface area contributed by atoms with Crippen molar-refractivity contribution in [2.45, 2.75) is 25.8 Å². The van der Waals surface area contributed by atoms with Gasteiger partial charge in [-0.3, -0.25) is 4.79 Å². The van der Waals surface area contributed by atoms with E-state index in [1.807, 2.05) is 29.2 Å². The number of rotatable bonds is 5. The van der Waals surface area contributed by atoms with E-state index in [-0.39, 0.29) is 0 Å². The van der Waals surface area contributed by atoms with Crippen LogP contribution in [0, 0.1) is 11.8 Å². The molecule has 0 unspecified atom stereocenters. The topological polar surface area (TPSA) is 51.0 Å². The van der Waals surface area contributed by atoms with Gasteiger partial charge in [0.15, 0.2) is 5.82 Å². The van der Waals surface area contributed by atoms with Gasteiger partial charge in [-0.15, -0.1) is 10.2 Å². The first-order chi connectivity index (χ1) is 14.2. The molecule has 1 aromatic heterocycles. The fourth-order valence-electron chi connectivity index (χ4n) is 4.11. The van der Waals surface area contributed by atoms with Crippen molar-refractivity contribution in [3.8, 4) is 22.5 Å². The molecule has 5 nitrogen and oxygen atoms in total. The smallest absolute Gasteiger partial charge is 0.225 e. The molecule has 6 heteroatoms. The Labute approximate surface area is 175 Å². The molecule has 0 radical (unpaired) electrons. The Bertz CT molecular complexity index is 1010. The third kappa shape index (κ3) is 3.92. The van der Waals surface area contributed by atoms with Crippen LogP contribution in [0.4, 0.5) is 0 Å². The minimum Gasteiger partial charge on any atom is -0.342 e. The fraction of sp³-hybridized carbons (Fsp3) is 0.348. The molecule has 148 valence electrons. The molecule has 2 aliphatic rings. The van der Waals surface area contributed by atoms with Gasteiger partial charge in [0.1, 0.15) is 6.33 Å². The van der Waals surface area contributed by atoms with E-state index < -0.39 is 0 Å². The van der Waals surface area contributed by atoms with Crippen molar-refractivity contribution in [1.29, 1.82) is 0 Å². The molecular formula is C23H23ClN4O. The number of likely N-dealkylation sites (tertiary alicyclic amines) is 1. The highest BCUT2D eigenvalue weighted by Crippen LogP contribution is 2.33. The second-order valence-corrected chi connectivity index (χ2v) is 8.54. The van der Waals surface area contributed by atoms with Crippen molar-refractivity contribution < 1.29 is 4.79 Å². The van der Waals surface area contributed by atoms with Crippen molar-refractivity contribution in [2.24, 2.45) is 11.8 Å². The zero-order chi connectivity index (χ0) is 19.8. The maximum Gasteiger partial charge on any atom is 0.225 e. The highest BCUT2D eigenvalue weighted by molar-refractivity contribution is 6.30. The SMILES string of the molecule is O=C(C1CC1)N1CC[C@@H](Cn2cnnc2-c2ccc(-c3ccc(Cl)cc3)cc2)C1. The van der Waals surface area contributed by atoms with Gasteiger partial charge < -0.3 is 9.47 Å². The maximum absolute atomic E-state index is 12.3. The Balaban J connectivity index is 1.29. The summed E-state index contributed by atoms with van der Waals surface area (Å²) in [6, 6.07) is 16.2. The lowest BCUT2D eigenvalue weighted by molar-refractivity contribution is -0.131. The minimum atomic E-state index is 0.304.